The van der Waals surface area contributed by atoms with Gasteiger partial charge in [-0.3, -0.25) is 0 Å². The van der Waals surface area contributed by atoms with Gasteiger partial charge in [0.1, 0.15) is 0 Å². The van der Waals surface area contributed by atoms with Crippen molar-refractivity contribution in [2.24, 2.45) is 4.99 Å². The van der Waals surface area contributed by atoms with E-state index in [0.29, 0.717) is 5.90 Å². The predicted octanol–water partition coefficient (Wildman–Crippen LogP) is 5.72. The van der Waals surface area contributed by atoms with Crippen LogP contribution < -0.4 is 0 Å². The maximum absolute atomic E-state index is 5.53. The number of nitrogens with zero attached hydrogens (tertiary/aromatic N) is 1. The Kier molecular flexibility index (Phi) is 3.72. The minimum atomic E-state index is 0.622. The highest BCUT2D eigenvalue weighted by Gasteiger charge is 2.07. The molecule has 2 nitrogen and oxygen atoms in total. The standard InChI is InChI=1S/C22H17NO/c1-24-22(17-9-3-2-4-10-17)23-21-13-7-12-19-18-11-6-5-8-16(18)14-15-20(19)21/h2-15H,1H3. The van der Waals surface area contributed by atoms with E-state index < -0.39 is 0 Å². The summed E-state index contributed by atoms with van der Waals surface area (Å²) in [6.07, 6.45) is 0. The Labute approximate surface area is 141 Å². The van der Waals surface area contributed by atoms with Crippen molar-refractivity contribution in [3.8, 4) is 0 Å². The van der Waals surface area contributed by atoms with Crippen LogP contribution in [-0.2, 0) is 4.74 Å². The molecule has 24 heavy (non-hydrogen) atoms. The molecule has 0 saturated heterocycles. The third-order valence-electron chi connectivity index (χ3n) is 4.20. The zero-order chi connectivity index (χ0) is 16.4. The summed E-state index contributed by atoms with van der Waals surface area (Å²) in [6.45, 7) is 0. The van der Waals surface area contributed by atoms with Crippen LogP contribution in [0, 0.1) is 0 Å². The maximum Gasteiger partial charge on any atom is 0.221 e. The van der Waals surface area contributed by atoms with Crippen LogP contribution in [-0.4, -0.2) is 13.0 Å². The van der Waals surface area contributed by atoms with Gasteiger partial charge in [0, 0.05) is 10.9 Å². The van der Waals surface area contributed by atoms with E-state index in [1.54, 1.807) is 7.11 Å². The largest absolute Gasteiger partial charge is 0.481 e. The average Bonchev–Trinajstić information content (AvgIpc) is 2.66. The summed E-state index contributed by atoms with van der Waals surface area (Å²) in [5.74, 6) is 0.622. The number of benzene rings is 4. The van der Waals surface area contributed by atoms with Gasteiger partial charge in [-0.25, -0.2) is 4.99 Å². The van der Waals surface area contributed by atoms with Crippen molar-refractivity contribution in [2.45, 2.75) is 0 Å². The fraction of sp³-hybridized carbons (Fsp3) is 0.0455. The smallest absolute Gasteiger partial charge is 0.221 e. The summed E-state index contributed by atoms with van der Waals surface area (Å²) in [6, 6.07) is 28.9. The van der Waals surface area contributed by atoms with Gasteiger partial charge in [0.15, 0.2) is 0 Å². The molecule has 0 fully saturated rings. The number of rotatable bonds is 2. The second-order valence-electron chi connectivity index (χ2n) is 5.65. The summed E-state index contributed by atoms with van der Waals surface area (Å²) >= 11 is 0. The van der Waals surface area contributed by atoms with Crippen LogP contribution in [0.25, 0.3) is 21.5 Å². The fourth-order valence-corrected chi connectivity index (χ4v) is 3.04. The SMILES string of the molecule is COC(=Nc1cccc2c1ccc1ccccc12)c1ccccc1. The van der Waals surface area contributed by atoms with E-state index >= 15 is 0 Å². The molecule has 0 bridgehead atoms. The van der Waals surface area contributed by atoms with Crippen LogP contribution in [0.2, 0.25) is 0 Å². The van der Waals surface area contributed by atoms with E-state index in [2.05, 4.69) is 42.5 Å². The van der Waals surface area contributed by atoms with Crippen molar-refractivity contribution in [3.05, 3.63) is 90.5 Å². The van der Waals surface area contributed by atoms with Crippen molar-refractivity contribution in [3.63, 3.8) is 0 Å². The Morgan fingerprint density at radius 2 is 1.42 bits per heavy atom. The van der Waals surface area contributed by atoms with Gasteiger partial charge in [-0.05, 0) is 34.4 Å². The summed E-state index contributed by atoms with van der Waals surface area (Å²) in [4.78, 5) is 4.78. The lowest BCUT2D eigenvalue weighted by molar-refractivity contribution is 0.405. The first-order valence-corrected chi connectivity index (χ1v) is 7.95. The van der Waals surface area contributed by atoms with Crippen molar-refractivity contribution in [2.75, 3.05) is 7.11 Å². The molecule has 0 aliphatic carbocycles. The summed E-state index contributed by atoms with van der Waals surface area (Å²) in [5, 5.41) is 4.81. The number of aliphatic imine (C=N–C) groups is 1. The number of hydrogen-bond donors (Lipinski definition) is 0. The highest BCUT2D eigenvalue weighted by atomic mass is 16.5. The van der Waals surface area contributed by atoms with E-state index in [9.17, 15) is 0 Å². The second-order valence-corrected chi connectivity index (χ2v) is 5.65. The Bertz CT molecular complexity index is 1040. The van der Waals surface area contributed by atoms with Gasteiger partial charge >= 0.3 is 0 Å². The molecule has 4 aromatic rings. The maximum atomic E-state index is 5.53. The van der Waals surface area contributed by atoms with Crippen molar-refractivity contribution >= 4 is 33.1 Å². The van der Waals surface area contributed by atoms with Crippen LogP contribution in [0.4, 0.5) is 5.69 Å². The summed E-state index contributed by atoms with van der Waals surface area (Å²) in [7, 11) is 1.66. The molecular weight excluding hydrogens is 294 g/mol. The van der Waals surface area contributed by atoms with Gasteiger partial charge in [0.05, 0.1) is 12.8 Å². The van der Waals surface area contributed by atoms with Crippen LogP contribution >= 0.6 is 0 Å². The van der Waals surface area contributed by atoms with Crippen molar-refractivity contribution < 1.29 is 4.74 Å². The normalized spacial score (nSPS) is 11.8. The molecule has 116 valence electrons. The number of ether oxygens (including phenoxy) is 1. The van der Waals surface area contributed by atoms with E-state index in [4.69, 9.17) is 9.73 Å². The number of methoxy groups -OCH3 is 1. The van der Waals surface area contributed by atoms with Gasteiger partial charge in [-0.15, -0.1) is 0 Å². The summed E-state index contributed by atoms with van der Waals surface area (Å²) in [5.41, 5.74) is 1.89. The van der Waals surface area contributed by atoms with Crippen molar-refractivity contribution in [1.29, 1.82) is 0 Å². The zero-order valence-corrected chi connectivity index (χ0v) is 13.4. The van der Waals surface area contributed by atoms with E-state index in [0.717, 1.165) is 16.6 Å². The molecule has 4 aromatic carbocycles. The third-order valence-corrected chi connectivity index (χ3v) is 4.20. The van der Waals surface area contributed by atoms with E-state index in [1.165, 1.54) is 16.2 Å². The first kappa shape index (κ1) is 14.5. The molecule has 0 aliphatic heterocycles. The van der Waals surface area contributed by atoms with Gasteiger partial charge in [-0.2, -0.15) is 0 Å². The van der Waals surface area contributed by atoms with E-state index in [1.807, 2.05) is 42.5 Å². The lowest BCUT2D eigenvalue weighted by atomic mass is 10.0. The average molecular weight is 311 g/mol. The molecule has 0 radical (unpaired) electrons. The van der Waals surface area contributed by atoms with Crippen LogP contribution in [0.5, 0.6) is 0 Å². The number of hydrogen-bond acceptors (Lipinski definition) is 2. The quantitative estimate of drug-likeness (QED) is 0.264. The first-order chi connectivity index (χ1) is 11.9. The zero-order valence-electron chi connectivity index (χ0n) is 13.4. The molecule has 4 rings (SSSR count). The molecule has 0 aromatic heterocycles. The van der Waals surface area contributed by atoms with Crippen LogP contribution in [0.3, 0.4) is 0 Å². The Morgan fingerprint density at radius 3 is 2.25 bits per heavy atom. The molecular formula is C22H17NO. The lowest BCUT2D eigenvalue weighted by Gasteiger charge is -2.09. The van der Waals surface area contributed by atoms with Crippen molar-refractivity contribution in [1.82, 2.24) is 0 Å². The first-order valence-electron chi connectivity index (χ1n) is 7.95. The number of fused-ring (bicyclic) bond motifs is 3. The molecule has 2 heteroatoms. The Hall–Kier alpha value is -3.13. The molecule has 0 aliphatic rings. The molecule has 0 unspecified atom stereocenters. The van der Waals surface area contributed by atoms with Gasteiger partial charge in [-0.1, -0.05) is 66.7 Å². The molecule has 0 amide bonds. The second kappa shape index (κ2) is 6.17. The third kappa shape index (κ3) is 2.52. The minimum Gasteiger partial charge on any atom is -0.481 e. The molecule has 0 atom stereocenters. The van der Waals surface area contributed by atoms with Gasteiger partial charge < -0.3 is 4.74 Å². The topological polar surface area (TPSA) is 21.6 Å². The monoisotopic (exact) mass is 311 g/mol. The summed E-state index contributed by atoms with van der Waals surface area (Å²) < 4.78 is 5.53. The van der Waals surface area contributed by atoms with Gasteiger partial charge in [0.2, 0.25) is 5.90 Å². The Morgan fingerprint density at radius 1 is 0.667 bits per heavy atom. The molecule has 0 heterocycles. The molecule has 0 N–H and O–H groups in total. The predicted molar refractivity (Wildman–Crippen MR) is 101 cm³/mol. The molecule has 0 saturated carbocycles. The van der Waals surface area contributed by atoms with E-state index in [-0.39, 0.29) is 0 Å². The molecule has 0 spiro atoms. The lowest BCUT2D eigenvalue weighted by Crippen LogP contribution is -2.02. The fourth-order valence-electron chi connectivity index (χ4n) is 3.04. The highest BCUT2D eigenvalue weighted by Crippen LogP contribution is 2.32. The van der Waals surface area contributed by atoms with Crippen LogP contribution in [0.1, 0.15) is 5.56 Å². The van der Waals surface area contributed by atoms with Crippen LogP contribution in [0.15, 0.2) is 89.9 Å². The minimum absolute atomic E-state index is 0.622. The highest BCUT2D eigenvalue weighted by molar-refractivity contribution is 6.11. The van der Waals surface area contributed by atoms with Gasteiger partial charge in [0.25, 0.3) is 0 Å². The Balaban J connectivity index is 1.94.